The Morgan fingerprint density at radius 3 is 1.82 bits per heavy atom. The second-order valence-electron chi connectivity index (χ2n) is 12.1. The Bertz CT molecular complexity index is 2940. The normalized spacial score (nSPS) is 12.5. The third-order valence-corrected chi connectivity index (χ3v) is 9.86. The fourth-order valence-electron chi connectivity index (χ4n) is 7.99. The lowest BCUT2D eigenvalue weighted by atomic mass is 9.91. The predicted octanol–water partition coefficient (Wildman–Crippen LogP) is 11.8. The van der Waals surface area contributed by atoms with Crippen LogP contribution in [0, 0.1) is 0 Å². The minimum absolute atomic E-state index is 0.944. The number of fused-ring (bicyclic) bond motifs is 9. The first-order valence-electron chi connectivity index (χ1n) is 15.2. The van der Waals surface area contributed by atoms with Crippen molar-refractivity contribution in [3.63, 3.8) is 0 Å². The Labute approximate surface area is 251 Å². The van der Waals surface area contributed by atoms with Crippen LogP contribution in [0.25, 0.3) is 104 Å². The lowest BCUT2D eigenvalue weighted by Gasteiger charge is -2.11. The van der Waals surface area contributed by atoms with Crippen LogP contribution in [0.4, 0.5) is 0 Å². The standard InChI is InChI=1S/C42H23NO/c1-2-11-29-28(10-1)31-13-7-17-38-40(31)41-35(29)22-27(23-39(41)44-38)25-9-5-8-24(20-25)26-18-19-37-34(21-26)33-15-6-14-32-30-12-3-4-16-36(30)43(37)42(32)33/h1-23H. The molecular formula is C42H23NO. The zero-order chi connectivity index (χ0) is 28.5. The molecule has 3 aromatic heterocycles. The molecule has 0 radical (unpaired) electrons. The lowest BCUT2D eigenvalue weighted by molar-refractivity contribution is 0.669. The zero-order valence-electron chi connectivity index (χ0n) is 23.6. The van der Waals surface area contributed by atoms with E-state index < -0.39 is 0 Å². The molecule has 2 nitrogen and oxygen atoms in total. The Morgan fingerprint density at radius 2 is 0.932 bits per heavy atom. The number of hydrogen-bond acceptors (Lipinski definition) is 1. The molecule has 0 saturated heterocycles. The van der Waals surface area contributed by atoms with Crippen molar-refractivity contribution in [2.75, 3.05) is 0 Å². The summed E-state index contributed by atoms with van der Waals surface area (Å²) in [6.07, 6.45) is 0. The van der Waals surface area contributed by atoms with Gasteiger partial charge in [0.1, 0.15) is 11.2 Å². The summed E-state index contributed by atoms with van der Waals surface area (Å²) < 4.78 is 8.93. The van der Waals surface area contributed by atoms with Crippen LogP contribution in [0.5, 0.6) is 0 Å². The maximum Gasteiger partial charge on any atom is 0.136 e. The van der Waals surface area contributed by atoms with Crippen LogP contribution in [0.15, 0.2) is 144 Å². The number of aromatic nitrogens is 1. The fourth-order valence-corrected chi connectivity index (χ4v) is 7.99. The molecule has 11 aromatic rings. The summed E-state index contributed by atoms with van der Waals surface area (Å²) in [7, 11) is 0. The first-order chi connectivity index (χ1) is 21.8. The van der Waals surface area contributed by atoms with E-state index in [9.17, 15) is 0 Å². The summed E-state index contributed by atoms with van der Waals surface area (Å²) in [5, 5.41) is 12.7. The first kappa shape index (κ1) is 22.7. The van der Waals surface area contributed by atoms with Gasteiger partial charge in [-0.25, -0.2) is 0 Å². The third kappa shape index (κ3) is 2.76. The highest BCUT2D eigenvalue weighted by atomic mass is 16.3. The molecule has 202 valence electrons. The number of furan rings is 1. The molecule has 0 atom stereocenters. The van der Waals surface area contributed by atoms with E-state index in [1.165, 1.54) is 92.7 Å². The van der Waals surface area contributed by atoms with E-state index in [-0.39, 0.29) is 0 Å². The maximum absolute atomic E-state index is 6.49. The van der Waals surface area contributed by atoms with E-state index in [1.807, 2.05) is 0 Å². The smallest absolute Gasteiger partial charge is 0.136 e. The average molecular weight is 558 g/mol. The van der Waals surface area contributed by atoms with Gasteiger partial charge in [0, 0.05) is 32.3 Å². The van der Waals surface area contributed by atoms with Crippen LogP contribution in [-0.4, -0.2) is 4.40 Å². The summed E-state index contributed by atoms with van der Waals surface area (Å²) in [5.41, 5.74) is 10.5. The molecule has 8 aromatic carbocycles. The quantitative estimate of drug-likeness (QED) is 0.193. The van der Waals surface area contributed by atoms with Gasteiger partial charge in [0.25, 0.3) is 0 Å². The van der Waals surface area contributed by atoms with E-state index >= 15 is 0 Å². The Kier molecular flexibility index (Phi) is 4.10. The molecule has 0 bridgehead atoms. The number of nitrogens with zero attached hydrogens (tertiary/aromatic N) is 1. The second-order valence-corrected chi connectivity index (χ2v) is 12.1. The van der Waals surface area contributed by atoms with Crippen molar-refractivity contribution < 1.29 is 4.42 Å². The van der Waals surface area contributed by atoms with Gasteiger partial charge in [-0.2, -0.15) is 0 Å². The van der Waals surface area contributed by atoms with Gasteiger partial charge in [0.2, 0.25) is 0 Å². The number of benzene rings is 8. The van der Waals surface area contributed by atoms with Gasteiger partial charge in [-0.3, -0.25) is 0 Å². The fraction of sp³-hybridized carbons (Fsp3) is 0. The molecule has 0 saturated carbocycles. The van der Waals surface area contributed by atoms with Crippen molar-refractivity contribution in [3.05, 3.63) is 140 Å². The van der Waals surface area contributed by atoms with Gasteiger partial charge in [0.05, 0.1) is 16.6 Å². The maximum atomic E-state index is 6.49. The van der Waals surface area contributed by atoms with Gasteiger partial charge in [-0.1, -0.05) is 97.1 Å². The van der Waals surface area contributed by atoms with Gasteiger partial charge in [-0.05, 0) is 86.3 Å². The summed E-state index contributed by atoms with van der Waals surface area (Å²) >= 11 is 0. The van der Waals surface area contributed by atoms with Crippen LogP contribution < -0.4 is 0 Å². The largest absolute Gasteiger partial charge is 0.456 e. The number of hydrogen-bond donors (Lipinski definition) is 0. The summed E-state index contributed by atoms with van der Waals surface area (Å²) in [6.45, 7) is 0. The minimum Gasteiger partial charge on any atom is -0.456 e. The van der Waals surface area contributed by atoms with E-state index in [2.05, 4.69) is 144 Å². The van der Waals surface area contributed by atoms with E-state index in [4.69, 9.17) is 4.42 Å². The Morgan fingerprint density at radius 1 is 0.341 bits per heavy atom. The molecular weight excluding hydrogens is 534 g/mol. The Hall–Kier alpha value is -5.86. The Balaban J connectivity index is 1.13. The van der Waals surface area contributed by atoms with Crippen molar-refractivity contribution in [1.29, 1.82) is 0 Å². The topological polar surface area (TPSA) is 17.6 Å². The van der Waals surface area contributed by atoms with E-state index in [0.717, 1.165) is 11.2 Å². The van der Waals surface area contributed by atoms with Gasteiger partial charge < -0.3 is 8.82 Å². The van der Waals surface area contributed by atoms with Crippen molar-refractivity contribution in [2.24, 2.45) is 0 Å². The average Bonchev–Trinajstić information content (AvgIpc) is 3.75. The van der Waals surface area contributed by atoms with E-state index in [1.54, 1.807) is 0 Å². The molecule has 0 amide bonds. The van der Waals surface area contributed by atoms with Gasteiger partial charge in [-0.15, -0.1) is 0 Å². The molecule has 0 N–H and O–H groups in total. The van der Waals surface area contributed by atoms with Crippen LogP contribution in [0.1, 0.15) is 0 Å². The molecule has 0 spiro atoms. The monoisotopic (exact) mass is 557 g/mol. The highest BCUT2D eigenvalue weighted by Crippen LogP contribution is 2.45. The molecule has 0 aliphatic heterocycles. The van der Waals surface area contributed by atoms with Crippen LogP contribution in [0.2, 0.25) is 0 Å². The summed E-state index contributed by atoms with van der Waals surface area (Å²) in [5.74, 6) is 0. The molecule has 44 heavy (non-hydrogen) atoms. The van der Waals surface area contributed by atoms with Crippen molar-refractivity contribution >= 4 is 81.6 Å². The number of rotatable bonds is 2. The third-order valence-electron chi connectivity index (χ3n) is 9.86. The van der Waals surface area contributed by atoms with Crippen LogP contribution >= 0.6 is 0 Å². The lowest BCUT2D eigenvalue weighted by Crippen LogP contribution is -1.85. The van der Waals surface area contributed by atoms with Gasteiger partial charge >= 0.3 is 0 Å². The molecule has 3 heterocycles. The molecule has 0 fully saturated rings. The van der Waals surface area contributed by atoms with Crippen molar-refractivity contribution in [2.45, 2.75) is 0 Å². The minimum atomic E-state index is 0.944. The van der Waals surface area contributed by atoms with Gasteiger partial charge in [0.15, 0.2) is 0 Å². The second kappa shape index (κ2) is 7.94. The van der Waals surface area contributed by atoms with Crippen molar-refractivity contribution in [1.82, 2.24) is 4.40 Å². The molecule has 2 heteroatoms. The number of para-hydroxylation sites is 2. The molecule has 0 aliphatic rings. The molecule has 0 unspecified atom stereocenters. The van der Waals surface area contributed by atoms with Crippen LogP contribution in [0.3, 0.4) is 0 Å². The highest BCUT2D eigenvalue weighted by Gasteiger charge is 2.19. The highest BCUT2D eigenvalue weighted by molar-refractivity contribution is 6.33. The summed E-state index contributed by atoms with van der Waals surface area (Å²) in [4.78, 5) is 0. The molecule has 11 rings (SSSR count). The zero-order valence-corrected chi connectivity index (χ0v) is 23.6. The van der Waals surface area contributed by atoms with Crippen LogP contribution in [-0.2, 0) is 0 Å². The van der Waals surface area contributed by atoms with Crippen molar-refractivity contribution in [3.8, 4) is 22.3 Å². The first-order valence-corrected chi connectivity index (χ1v) is 15.2. The summed E-state index contributed by atoms with van der Waals surface area (Å²) in [6, 6.07) is 51.0. The SMILES string of the molecule is c1cc(-c2cc3oc4cccc5c6ccccc6c(c2)c3c45)cc(-c2ccc3c(c2)c2cccc4c5ccccc5n3c42)c1. The van der Waals surface area contributed by atoms with E-state index in [0.29, 0.717) is 0 Å². The molecule has 0 aliphatic carbocycles. The predicted molar refractivity (Wildman–Crippen MR) is 185 cm³/mol.